The van der Waals surface area contributed by atoms with Gasteiger partial charge in [-0.25, -0.2) is 19.3 Å². The molecule has 10 heteroatoms. The molecular weight excluding hydrogens is 469 g/mol. The molecule has 180 valence electrons. The highest BCUT2D eigenvalue weighted by Gasteiger charge is 2.22. The standard InChI is InChI=1S/C25H25ClFN7O/c1-32-6-8-33(9-7-32)22-5-3-17(11-20(22)27)30-25-28-12-19(26)24(31-25)16-2-4-21-23(10-16)34(15-29-21)18-13-35-14-18/h2-5,10-12,15,18H,6-9,13-14H2,1H3,(H,28,30,31). The average molecular weight is 494 g/mol. The van der Waals surface area contributed by atoms with Gasteiger partial charge in [-0.1, -0.05) is 17.7 Å². The number of likely N-dealkylation sites (N-methyl/N-ethyl adjacent to an activating group) is 1. The third-order valence-corrected chi connectivity index (χ3v) is 6.93. The van der Waals surface area contributed by atoms with Crippen LogP contribution in [-0.4, -0.2) is 70.9 Å². The topological polar surface area (TPSA) is 71.3 Å². The molecule has 4 heterocycles. The molecule has 6 rings (SSSR count). The van der Waals surface area contributed by atoms with Gasteiger partial charge in [-0.2, -0.15) is 0 Å². The summed E-state index contributed by atoms with van der Waals surface area (Å²) in [5.74, 6) is 0.0737. The van der Waals surface area contributed by atoms with Crippen molar-refractivity contribution in [2.24, 2.45) is 0 Å². The van der Waals surface area contributed by atoms with Crippen LogP contribution in [0.2, 0.25) is 5.02 Å². The van der Waals surface area contributed by atoms with Gasteiger partial charge < -0.3 is 24.4 Å². The Bertz CT molecular complexity index is 1380. The number of hydrogen-bond donors (Lipinski definition) is 1. The van der Waals surface area contributed by atoms with Gasteiger partial charge in [0, 0.05) is 37.4 Å². The maximum absolute atomic E-state index is 14.9. The lowest BCUT2D eigenvalue weighted by molar-refractivity contribution is -0.0216. The van der Waals surface area contributed by atoms with Crippen LogP contribution in [0.25, 0.3) is 22.3 Å². The Labute approximate surface area is 207 Å². The number of ether oxygens (including phenoxy) is 1. The molecule has 1 N–H and O–H groups in total. The van der Waals surface area contributed by atoms with Crippen LogP contribution in [0.5, 0.6) is 0 Å². The summed E-state index contributed by atoms with van der Waals surface area (Å²) in [7, 11) is 2.08. The van der Waals surface area contributed by atoms with E-state index in [0.717, 1.165) is 42.8 Å². The number of aromatic nitrogens is 4. The zero-order valence-electron chi connectivity index (χ0n) is 19.3. The minimum absolute atomic E-state index is 0.271. The number of halogens is 2. The maximum Gasteiger partial charge on any atom is 0.227 e. The van der Waals surface area contributed by atoms with E-state index in [4.69, 9.17) is 16.3 Å². The highest BCUT2D eigenvalue weighted by molar-refractivity contribution is 6.33. The van der Waals surface area contributed by atoms with E-state index < -0.39 is 0 Å². The molecule has 0 atom stereocenters. The smallest absolute Gasteiger partial charge is 0.227 e. The molecule has 0 amide bonds. The van der Waals surface area contributed by atoms with Crippen molar-refractivity contribution in [1.29, 1.82) is 0 Å². The number of hydrogen-bond acceptors (Lipinski definition) is 7. The Morgan fingerprint density at radius 3 is 2.63 bits per heavy atom. The number of anilines is 3. The number of nitrogens with one attached hydrogen (secondary N) is 1. The van der Waals surface area contributed by atoms with Gasteiger partial charge in [0.2, 0.25) is 5.95 Å². The second-order valence-corrected chi connectivity index (χ2v) is 9.43. The summed E-state index contributed by atoms with van der Waals surface area (Å²) in [4.78, 5) is 17.8. The van der Waals surface area contributed by atoms with Crippen LogP contribution in [0.3, 0.4) is 0 Å². The lowest BCUT2D eigenvalue weighted by atomic mass is 10.1. The van der Waals surface area contributed by atoms with E-state index in [0.29, 0.717) is 41.3 Å². The lowest BCUT2D eigenvalue weighted by Crippen LogP contribution is -2.44. The predicted molar refractivity (Wildman–Crippen MR) is 135 cm³/mol. The molecule has 0 bridgehead atoms. The summed E-state index contributed by atoms with van der Waals surface area (Å²) < 4.78 is 22.4. The van der Waals surface area contributed by atoms with Crippen molar-refractivity contribution in [2.75, 3.05) is 56.7 Å². The average Bonchev–Trinajstić information content (AvgIpc) is 3.23. The predicted octanol–water partition coefficient (Wildman–Crippen LogP) is 4.35. The number of benzene rings is 2. The SMILES string of the molecule is CN1CCN(c2ccc(Nc3ncc(Cl)c(-c4ccc5ncn(C6COC6)c5c4)n3)cc2F)CC1. The Morgan fingerprint density at radius 1 is 1.06 bits per heavy atom. The summed E-state index contributed by atoms with van der Waals surface area (Å²) in [6.45, 7) is 4.82. The molecule has 0 radical (unpaired) electrons. The maximum atomic E-state index is 14.9. The summed E-state index contributed by atoms with van der Waals surface area (Å²) >= 11 is 6.48. The third-order valence-electron chi connectivity index (χ3n) is 6.65. The minimum atomic E-state index is -0.271. The van der Waals surface area contributed by atoms with Gasteiger partial charge in [-0.15, -0.1) is 0 Å². The van der Waals surface area contributed by atoms with Gasteiger partial charge in [0.05, 0.1) is 59.2 Å². The molecule has 2 aliphatic heterocycles. The van der Waals surface area contributed by atoms with Crippen LogP contribution >= 0.6 is 11.6 Å². The zero-order valence-corrected chi connectivity index (χ0v) is 20.0. The van der Waals surface area contributed by atoms with Crippen molar-refractivity contribution in [3.63, 3.8) is 0 Å². The van der Waals surface area contributed by atoms with E-state index in [-0.39, 0.29) is 11.9 Å². The van der Waals surface area contributed by atoms with Crippen LogP contribution in [0, 0.1) is 5.82 Å². The normalized spacial score (nSPS) is 17.1. The molecule has 0 saturated carbocycles. The molecule has 4 aromatic rings. The first kappa shape index (κ1) is 22.2. The Morgan fingerprint density at radius 2 is 1.89 bits per heavy atom. The van der Waals surface area contributed by atoms with Crippen LogP contribution in [0.4, 0.5) is 21.7 Å². The summed E-state index contributed by atoms with van der Waals surface area (Å²) in [6.07, 6.45) is 3.40. The fourth-order valence-electron chi connectivity index (χ4n) is 4.50. The van der Waals surface area contributed by atoms with E-state index >= 15 is 0 Å². The lowest BCUT2D eigenvalue weighted by Gasteiger charge is -2.34. The fourth-order valence-corrected chi connectivity index (χ4v) is 4.70. The summed E-state index contributed by atoms with van der Waals surface area (Å²) in [5.41, 5.74) is 4.54. The first-order valence-corrected chi connectivity index (χ1v) is 12.0. The molecule has 2 saturated heterocycles. The van der Waals surface area contributed by atoms with Crippen molar-refractivity contribution in [1.82, 2.24) is 24.4 Å². The molecular formula is C25H25ClFN7O. The molecule has 0 spiro atoms. The first-order chi connectivity index (χ1) is 17.0. The third kappa shape index (κ3) is 4.31. The second-order valence-electron chi connectivity index (χ2n) is 9.02. The van der Waals surface area contributed by atoms with Crippen molar-refractivity contribution >= 4 is 40.0 Å². The van der Waals surface area contributed by atoms with Crippen LogP contribution in [-0.2, 0) is 4.74 Å². The van der Waals surface area contributed by atoms with Gasteiger partial charge in [0.25, 0.3) is 0 Å². The molecule has 0 aliphatic carbocycles. The van der Waals surface area contributed by atoms with Gasteiger partial charge in [0.1, 0.15) is 5.82 Å². The van der Waals surface area contributed by atoms with Crippen molar-refractivity contribution in [3.05, 3.63) is 59.8 Å². The highest BCUT2D eigenvalue weighted by atomic mass is 35.5. The first-order valence-electron chi connectivity index (χ1n) is 11.6. The monoisotopic (exact) mass is 493 g/mol. The molecule has 2 aromatic carbocycles. The largest absolute Gasteiger partial charge is 0.377 e. The number of rotatable bonds is 5. The number of fused-ring (bicyclic) bond motifs is 1. The molecule has 2 aromatic heterocycles. The summed E-state index contributed by atoms with van der Waals surface area (Å²) in [5, 5.41) is 3.55. The van der Waals surface area contributed by atoms with E-state index in [1.807, 2.05) is 30.6 Å². The summed E-state index contributed by atoms with van der Waals surface area (Å²) in [6, 6.07) is 11.4. The fraction of sp³-hybridized carbons (Fsp3) is 0.320. The molecule has 35 heavy (non-hydrogen) atoms. The Balaban J connectivity index is 1.26. The van der Waals surface area contributed by atoms with Crippen LogP contribution in [0.1, 0.15) is 6.04 Å². The quantitative estimate of drug-likeness (QED) is 0.443. The second kappa shape index (κ2) is 9.07. The van der Waals surface area contributed by atoms with E-state index in [2.05, 4.69) is 41.7 Å². The molecule has 2 fully saturated rings. The molecule has 2 aliphatic rings. The highest BCUT2D eigenvalue weighted by Crippen LogP contribution is 2.32. The Kier molecular flexibility index (Phi) is 5.75. The van der Waals surface area contributed by atoms with Gasteiger partial charge in [-0.3, -0.25) is 0 Å². The van der Waals surface area contributed by atoms with Crippen LogP contribution in [0.15, 0.2) is 48.9 Å². The van der Waals surface area contributed by atoms with E-state index in [9.17, 15) is 4.39 Å². The number of nitrogens with zero attached hydrogens (tertiary/aromatic N) is 6. The molecule has 0 unspecified atom stereocenters. The van der Waals surface area contributed by atoms with Gasteiger partial charge in [0.15, 0.2) is 0 Å². The zero-order chi connectivity index (χ0) is 23.9. The van der Waals surface area contributed by atoms with Gasteiger partial charge >= 0.3 is 0 Å². The van der Waals surface area contributed by atoms with E-state index in [1.165, 1.54) is 6.07 Å². The van der Waals surface area contributed by atoms with Crippen molar-refractivity contribution < 1.29 is 9.13 Å². The minimum Gasteiger partial charge on any atom is -0.377 e. The number of piperazine rings is 1. The van der Waals surface area contributed by atoms with E-state index in [1.54, 1.807) is 12.3 Å². The van der Waals surface area contributed by atoms with Crippen molar-refractivity contribution in [2.45, 2.75) is 6.04 Å². The van der Waals surface area contributed by atoms with Crippen LogP contribution < -0.4 is 10.2 Å². The van der Waals surface area contributed by atoms with Gasteiger partial charge in [-0.05, 0) is 37.4 Å². The number of imidazole rings is 1. The van der Waals surface area contributed by atoms with Crippen molar-refractivity contribution in [3.8, 4) is 11.3 Å². The Hall–Kier alpha value is -3.27. The molecule has 8 nitrogen and oxygen atoms in total.